The largest absolute Gasteiger partial charge is 0.298 e. The summed E-state index contributed by atoms with van der Waals surface area (Å²) in [6.45, 7) is 0.0499. The van der Waals surface area contributed by atoms with Gasteiger partial charge in [-0.2, -0.15) is 0 Å². The molecule has 0 radical (unpaired) electrons. The molecule has 1 heterocycles. The fourth-order valence-electron chi connectivity index (χ4n) is 3.11. The van der Waals surface area contributed by atoms with Gasteiger partial charge < -0.3 is 0 Å². The summed E-state index contributed by atoms with van der Waals surface area (Å²) in [5, 5.41) is 0.478. The summed E-state index contributed by atoms with van der Waals surface area (Å²) in [4.78, 5) is 38.7. The molecule has 0 saturated carbocycles. The van der Waals surface area contributed by atoms with Gasteiger partial charge in [0, 0.05) is 24.1 Å². The van der Waals surface area contributed by atoms with E-state index in [1.54, 1.807) is 36.4 Å². The van der Waals surface area contributed by atoms with Crippen molar-refractivity contribution in [3.8, 4) is 0 Å². The first-order chi connectivity index (χ1) is 12.2. The minimum atomic E-state index is -0.351. The minimum absolute atomic E-state index is 0.0499. The number of rotatable bonds is 5. The van der Waals surface area contributed by atoms with Crippen LogP contribution in [-0.4, -0.2) is 50.2 Å². The van der Waals surface area contributed by atoms with E-state index in [1.165, 1.54) is 0 Å². The molecule has 0 unspecified atom stereocenters. The Morgan fingerprint density at radius 3 is 2.12 bits per heavy atom. The van der Waals surface area contributed by atoms with E-state index in [9.17, 15) is 14.4 Å². The van der Waals surface area contributed by atoms with Crippen molar-refractivity contribution >= 4 is 34.9 Å². The third-order valence-electron chi connectivity index (χ3n) is 4.42. The fraction of sp³-hybridized carbons (Fsp3) is 0.250. The van der Waals surface area contributed by atoms with Crippen molar-refractivity contribution in [3.05, 3.63) is 64.2 Å². The second kappa shape index (κ2) is 6.67. The molecule has 0 saturated heterocycles. The van der Waals surface area contributed by atoms with Crippen LogP contribution >= 0.6 is 11.6 Å². The summed E-state index contributed by atoms with van der Waals surface area (Å²) in [5.74, 6) is -0.847. The maximum Gasteiger partial charge on any atom is 0.261 e. The van der Waals surface area contributed by atoms with E-state index in [0.29, 0.717) is 26.2 Å². The summed E-state index contributed by atoms with van der Waals surface area (Å²) >= 11 is 6.07. The fourth-order valence-corrected chi connectivity index (χ4v) is 3.28. The highest BCUT2D eigenvalue weighted by atomic mass is 35.5. The first-order valence-electron chi connectivity index (χ1n) is 8.30. The highest BCUT2D eigenvalue weighted by Crippen LogP contribution is 2.28. The smallest absolute Gasteiger partial charge is 0.261 e. The molecule has 0 aliphatic carbocycles. The molecule has 5 nitrogen and oxygen atoms in total. The van der Waals surface area contributed by atoms with Crippen LogP contribution in [0, 0.1) is 0 Å². The summed E-state index contributed by atoms with van der Waals surface area (Å²) in [5.41, 5.74) is 2.13. The van der Waals surface area contributed by atoms with Gasteiger partial charge in [0.05, 0.1) is 37.8 Å². The predicted octanol–water partition coefficient (Wildman–Crippen LogP) is 3.41. The van der Waals surface area contributed by atoms with Gasteiger partial charge in [0.25, 0.3) is 11.8 Å². The second-order valence-electron chi connectivity index (χ2n) is 7.15. The van der Waals surface area contributed by atoms with Crippen LogP contribution in [0.2, 0.25) is 5.02 Å². The standard InChI is InChI=1S/C20H20ClN2O3/c1-23(2,3)17-9-8-13(21)12-16(17)18(24)10-11-22-19(25)14-6-4-5-7-15(14)20(22)26/h4-9,12H,10-11H2,1-3H3/q+1. The normalized spacial score (nSPS) is 13.9. The van der Waals surface area contributed by atoms with Crippen LogP contribution in [-0.2, 0) is 0 Å². The van der Waals surface area contributed by atoms with Crippen molar-refractivity contribution in [1.29, 1.82) is 0 Å². The van der Waals surface area contributed by atoms with E-state index in [1.807, 2.05) is 27.2 Å². The van der Waals surface area contributed by atoms with Crippen LogP contribution in [0.5, 0.6) is 0 Å². The minimum Gasteiger partial charge on any atom is -0.298 e. The lowest BCUT2D eigenvalue weighted by Gasteiger charge is -2.26. The molecule has 3 rings (SSSR count). The van der Waals surface area contributed by atoms with Crippen LogP contribution in [0.3, 0.4) is 0 Å². The summed E-state index contributed by atoms with van der Waals surface area (Å²) in [7, 11) is 5.89. The van der Waals surface area contributed by atoms with Gasteiger partial charge in [-0.15, -0.1) is 0 Å². The molecule has 0 bridgehead atoms. The molecular formula is C20H20ClN2O3+. The molecule has 26 heavy (non-hydrogen) atoms. The Labute approximate surface area is 157 Å². The average Bonchev–Trinajstić information content (AvgIpc) is 2.83. The number of carbonyl (C=O) groups is 3. The number of imide groups is 1. The van der Waals surface area contributed by atoms with Gasteiger partial charge in [0.15, 0.2) is 5.78 Å². The van der Waals surface area contributed by atoms with Gasteiger partial charge in [-0.05, 0) is 24.3 Å². The number of nitrogens with zero attached hydrogens (tertiary/aromatic N) is 2. The first-order valence-corrected chi connectivity index (χ1v) is 8.68. The molecule has 2 aromatic rings. The number of carbonyl (C=O) groups excluding carboxylic acids is 3. The van der Waals surface area contributed by atoms with Crippen molar-refractivity contribution < 1.29 is 14.4 Å². The van der Waals surface area contributed by atoms with Gasteiger partial charge in [0.2, 0.25) is 0 Å². The van der Waals surface area contributed by atoms with Crippen LogP contribution in [0.1, 0.15) is 37.5 Å². The first kappa shape index (κ1) is 18.3. The maximum atomic E-state index is 12.8. The molecule has 0 N–H and O–H groups in total. The molecule has 134 valence electrons. The van der Waals surface area contributed by atoms with E-state index in [-0.39, 0.29) is 30.6 Å². The summed E-state index contributed by atoms with van der Waals surface area (Å²) < 4.78 is 0.464. The number of ketones is 1. The van der Waals surface area contributed by atoms with Crippen LogP contribution in [0.4, 0.5) is 5.69 Å². The molecule has 1 aliphatic rings. The molecule has 6 heteroatoms. The van der Waals surface area contributed by atoms with Crippen LogP contribution in [0.15, 0.2) is 42.5 Å². The number of amides is 2. The van der Waals surface area contributed by atoms with Crippen molar-refractivity contribution in [2.75, 3.05) is 27.7 Å². The molecule has 0 aromatic heterocycles. The number of halogens is 1. The summed E-state index contributed by atoms with van der Waals surface area (Å²) in [6.07, 6.45) is 0.0544. The number of Topliss-reactive ketones (excluding diaryl/α,β-unsaturated/α-hetero) is 1. The van der Waals surface area contributed by atoms with Crippen LogP contribution in [0.25, 0.3) is 0 Å². The Morgan fingerprint density at radius 2 is 1.58 bits per heavy atom. The molecule has 1 aliphatic heterocycles. The lowest BCUT2D eigenvalue weighted by atomic mass is 10.0. The highest BCUT2D eigenvalue weighted by Gasteiger charge is 2.35. The Balaban J connectivity index is 1.80. The van der Waals surface area contributed by atoms with E-state index < -0.39 is 0 Å². The van der Waals surface area contributed by atoms with Crippen molar-refractivity contribution in [2.45, 2.75) is 6.42 Å². The molecule has 2 aromatic carbocycles. The maximum absolute atomic E-state index is 12.8. The third kappa shape index (κ3) is 3.28. The lowest BCUT2D eigenvalue weighted by Crippen LogP contribution is -2.37. The molecule has 0 fully saturated rings. The van der Waals surface area contributed by atoms with Gasteiger partial charge in [0.1, 0.15) is 5.69 Å². The monoisotopic (exact) mass is 371 g/mol. The molecule has 2 amide bonds. The Hall–Kier alpha value is -2.50. The van der Waals surface area contributed by atoms with Crippen molar-refractivity contribution in [3.63, 3.8) is 0 Å². The molecule has 0 atom stereocenters. The number of benzene rings is 2. The third-order valence-corrected chi connectivity index (χ3v) is 4.66. The van der Waals surface area contributed by atoms with Crippen molar-refractivity contribution in [2.24, 2.45) is 0 Å². The quantitative estimate of drug-likeness (QED) is 0.460. The number of fused-ring (bicyclic) bond motifs is 1. The van der Waals surface area contributed by atoms with Gasteiger partial charge in [-0.25, -0.2) is 0 Å². The Morgan fingerprint density at radius 1 is 1.00 bits per heavy atom. The second-order valence-corrected chi connectivity index (χ2v) is 7.59. The van der Waals surface area contributed by atoms with E-state index >= 15 is 0 Å². The SMILES string of the molecule is C[N+](C)(C)c1ccc(Cl)cc1C(=O)CCN1C(=O)c2ccccc2C1=O. The zero-order chi connectivity index (χ0) is 19.1. The van der Waals surface area contributed by atoms with Gasteiger partial charge >= 0.3 is 0 Å². The van der Waals surface area contributed by atoms with E-state index in [4.69, 9.17) is 11.6 Å². The van der Waals surface area contributed by atoms with Crippen molar-refractivity contribution in [1.82, 2.24) is 9.38 Å². The van der Waals surface area contributed by atoms with Crippen LogP contribution < -0.4 is 4.48 Å². The highest BCUT2D eigenvalue weighted by molar-refractivity contribution is 6.31. The number of hydrogen-bond acceptors (Lipinski definition) is 3. The van der Waals surface area contributed by atoms with E-state index in [2.05, 4.69) is 0 Å². The van der Waals surface area contributed by atoms with Gasteiger partial charge in [-0.1, -0.05) is 23.7 Å². The molecule has 0 spiro atoms. The summed E-state index contributed by atoms with van der Waals surface area (Å²) in [6, 6.07) is 11.9. The van der Waals surface area contributed by atoms with E-state index in [0.717, 1.165) is 10.6 Å². The zero-order valence-corrected chi connectivity index (χ0v) is 15.7. The lowest BCUT2D eigenvalue weighted by molar-refractivity contribution is 0.0649. The number of quaternary nitrogens is 1. The average molecular weight is 372 g/mol. The Kier molecular flexibility index (Phi) is 4.69. The Bertz CT molecular complexity index is 881. The van der Waals surface area contributed by atoms with Gasteiger partial charge in [-0.3, -0.25) is 23.8 Å². The predicted molar refractivity (Wildman–Crippen MR) is 102 cm³/mol. The topological polar surface area (TPSA) is 54.5 Å². The zero-order valence-electron chi connectivity index (χ0n) is 15.0. The molecular weight excluding hydrogens is 352 g/mol. The number of hydrogen-bond donors (Lipinski definition) is 0.